The van der Waals surface area contributed by atoms with Gasteiger partial charge in [-0.15, -0.1) is 0 Å². The molecule has 13 aromatic carbocycles. The van der Waals surface area contributed by atoms with Gasteiger partial charge in [0.25, 0.3) is 13.4 Å². The highest BCUT2D eigenvalue weighted by Crippen LogP contribution is 2.51. The maximum Gasteiger partial charge on any atom is 0.252 e. The predicted molar refractivity (Wildman–Crippen MR) is 324 cm³/mol. The summed E-state index contributed by atoms with van der Waals surface area (Å²) in [5, 5.41) is 15.4. The number of anilines is 6. The maximum absolute atomic E-state index is 2.69. The summed E-state index contributed by atoms with van der Waals surface area (Å²) in [5.74, 6) is 0. The summed E-state index contributed by atoms with van der Waals surface area (Å²) in [6, 6.07) is 92.0. The van der Waals surface area contributed by atoms with Crippen molar-refractivity contribution in [2.45, 2.75) is 0 Å². The molecular formula is C70H40B2N4. The van der Waals surface area contributed by atoms with E-state index >= 15 is 0 Å². The molecule has 4 aliphatic rings. The number of benzene rings is 13. The van der Waals surface area contributed by atoms with Crippen molar-refractivity contribution >= 4 is 167 Å². The molecule has 0 bridgehead atoms. The van der Waals surface area contributed by atoms with Crippen LogP contribution in [-0.2, 0) is 0 Å². The third-order valence-corrected chi connectivity index (χ3v) is 18.0. The van der Waals surface area contributed by atoms with Gasteiger partial charge in [0.15, 0.2) is 0 Å². The van der Waals surface area contributed by atoms with Gasteiger partial charge in [-0.2, -0.15) is 0 Å². The Morgan fingerprint density at radius 2 is 0.645 bits per heavy atom. The molecule has 0 aliphatic carbocycles. The van der Waals surface area contributed by atoms with Crippen LogP contribution < -0.4 is 42.6 Å². The Kier molecular flexibility index (Phi) is 7.36. The number of fused-ring (bicyclic) bond motifs is 26. The molecule has 76 heavy (non-hydrogen) atoms. The summed E-state index contributed by atoms with van der Waals surface area (Å²) in [4.78, 5) is 5.14. The van der Waals surface area contributed by atoms with Crippen molar-refractivity contribution in [3.05, 3.63) is 243 Å². The van der Waals surface area contributed by atoms with Crippen LogP contribution in [0.3, 0.4) is 0 Å². The molecule has 0 amide bonds. The first-order chi connectivity index (χ1) is 37.8. The van der Waals surface area contributed by atoms with Crippen molar-refractivity contribution in [3.63, 3.8) is 0 Å². The minimum absolute atomic E-state index is 0.0656. The number of aromatic nitrogens is 2. The highest BCUT2D eigenvalue weighted by molar-refractivity contribution is 7.03. The molecule has 0 fully saturated rings. The second-order valence-electron chi connectivity index (χ2n) is 21.4. The molecule has 0 radical (unpaired) electrons. The van der Waals surface area contributed by atoms with Gasteiger partial charge in [-0.05, 0) is 120 Å². The monoisotopic (exact) mass is 958 g/mol. The number of rotatable bonds is 2. The minimum atomic E-state index is -0.0656. The topological polar surface area (TPSA) is 16.3 Å². The molecule has 346 valence electrons. The van der Waals surface area contributed by atoms with Gasteiger partial charge in [-0.3, -0.25) is 0 Å². The summed E-state index contributed by atoms with van der Waals surface area (Å²) in [6.45, 7) is -0.131. The Bertz CT molecular complexity index is 4830. The van der Waals surface area contributed by atoms with E-state index in [2.05, 4.69) is 262 Å². The largest absolute Gasteiger partial charge is 0.311 e. The zero-order chi connectivity index (χ0) is 49.1. The first-order valence-electron chi connectivity index (χ1n) is 26.7. The molecule has 0 spiro atoms. The van der Waals surface area contributed by atoms with Gasteiger partial charge in [0.2, 0.25) is 0 Å². The van der Waals surface area contributed by atoms with Crippen molar-refractivity contribution in [2.24, 2.45) is 0 Å². The fraction of sp³-hybridized carbons (Fsp3) is 0. The Morgan fingerprint density at radius 1 is 0.263 bits per heavy atom. The fourth-order valence-corrected chi connectivity index (χ4v) is 15.2. The van der Waals surface area contributed by atoms with E-state index in [1.165, 1.54) is 154 Å². The van der Waals surface area contributed by atoms with Gasteiger partial charge < -0.3 is 18.9 Å². The van der Waals surface area contributed by atoms with Crippen LogP contribution in [0.2, 0.25) is 0 Å². The van der Waals surface area contributed by atoms with Crippen molar-refractivity contribution in [3.8, 4) is 11.4 Å². The summed E-state index contributed by atoms with van der Waals surface area (Å²) in [6.07, 6.45) is 0. The highest BCUT2D eigenvalue weighted by Gasteiger charge is 2.48. The Balaban J connectivity index is 1.05. The van der Waals surface area contributed by atoms with E-state index in [0.717, 1.165) is 11.4 Å². The van der Waals surface area contributed by atoms with Gasteiger partial charge in [-0.25, -0.2) is 0 Å². The molecule has 0 saturated heterocycles. The van der Waals surface area contributed by atoms with Crippen LogP contribution in [0.4, 0.5) is 34.1 Å². The summed E-state index contributed by atoms with van der Waals surface area (Å²) in [5.41, 5.74) is 22.9. The third kappa shape index (κ3) is 4.68. The van der Waals surface area contributed by atoms with Gasteiger partial charge in [-0.1, -0.05) is 188 Å². The Hall–Kier alpha value is -9.77. The number of nitrogens with zero attached hydrogens (tertiary/aromatic N) is 4. The molecule has 19 rings (SSSR count). The normalized spacial score (nSPS) is 13.7. The fourth-order valence-electron chi connectivity index (χ4n) is 15.2. The van der Waals surface area contributed by atoms with Crippen molar-refractivity contribution in [1.29, 1.82) is 0 Å². The zero-order valence-corrected chi connectivity index (χ0v) is 41.0. The molecule has 0 atom stereocenters. The molecule has 6 heteroatoms. The number of para-hydroxylation sites is 4. The minimum Gasteiger partial charge on any atom is -0.311 e. The van der Waals surface area contributed by atoms with E-state index in [-0.39, 0.29) is 13.4 Å². The predicted octanol–water partition coefficient (Wildman–Crippen LogP) is 13.7. The van der Waals surface area contributed by atoms with Crippen LogP contribution in [-0.4, -0.2) is 22.6 Å². The van der Waals surface area contributed by atoms with Crippen LogP contribution in [0.25, 0.3) is 98.1 Å². The quantitative estimate of drug-likeness (QED) is 0.161. The van der Waals surface area contributed by atoms with Crippen LogP contribution in [0, 0.1) is 0 Å². The molecule has 4 nitrogen and oxygen atoms in total. The van der Waals surface area contributed by atoms with Crippen molar-refractivity contribution in [2.75, 3.05) is 9.80 Å². The molecule has 2 aromatic heterocycles. The summed E-state index contributed by atoms with van der Waals surface area (Å²) in [7, 11) is 0. The second-order valence-corrected chi connectivity index (χ2v) is 21.4. The molecule has 6 heterocycles. The molecule has 0 unspecified atom stereocenters. The first kappa shape index (κ1) is 39.7. The van der Waals surface area contributed by atoms with Gasteiger partial charge >= 0.3 is 0 Å². The van der Waals surface area contributed by atoms with Crippen molar-refractivity contribution in [1.82, 2.24) is 9.13 Å². The van der Waals surface area contributed by atoms with Gasteiger partial charge in [0.05, 0.1) is 33.4 Å². The lowest BCUT2D eigenvalue weighted by atomic mass is 9.30. The van der Waals surface area contributed by atoms with Crippen LogP contribution >= 0.6 is 0 Å². The van der Waals surface area contributed by atoms with Crippen molar-refractivity contribution < 1.29 is 0 Å². The summed E-state index contributed by atoms with van der Waals surface area (Å²) < 4.78 is 5.38. The van der Waals surface area contributed by atoms with E-state index in [1.807, 2.05) is 0 Å². The molecule has 15 aromatic rings. The average Bonchev–Trinajstić information content (AvgIpc) is 4.20. The standard InChI is InChI=1S/C70H40B2N4/c1-3-21-43(22-4-1)73-55-33-17-15-31-51(55)71-53-39-54-60(40-59(53)75-57-37-35-41-19-7-9-25-45(41)61(57)63-47-27-11-13-29-49(47)67(73)65(71)69(63)75)76-58-38-36-42-20-8-10-26-46(42)62(58)64-48-28-12-14-30-50(48)68-66(70(64)76)72(54)52-32-16-18-34-56(52)74(68)44-23-5-2-6-24-44/h1-40H. The maximum atomic E-state index is 2.69. The third-order valence-electron chi connectivity index (χ3n) is 18.0. The number of hydrogen-bond acceptors (Lipinski definition) is 2. The lowest BCUT2D eigenvalue weighted by molar-refractivity contribution is 1.14. The second kappa shape index (κ2) is 14.1. The lowest BCUT2D eigenvalue weighted by Gasteiger charge is -2.43. The molecule has 0 saturated carbocycles. The van der Waals surface area contributed by atoms with E-state index in [4.69, 9.17) is 0 Å². The van der Waals surface area contributed by atoms with E-state index in [9.17, 15) is 0 Å². The van der Waals surface area contributed by atoms with Gasteiger partial charge in [0.1, 0.15) is 0 Å². The van der Waals surface area contributed by atoms with E-state index in [0.29, 0.717) is 0 Å². The van der Waals surface area contributed by atoms with Crippen LogP contribution in [0.15, 0.2) is 243 Å². The molecule has 0 N–H and O–H groups in total. The smallest absolute Gasteiger partial charge is 0.252 e. The SMILES string of the molecule is c1ccc(N2c3ccccc3B3c4cc5c(cc4-n4c6ccc7ccccc7c6c6c7ccccc7c2c3c64)-n2c3ccc4ccccc4c3c3c4ccccc4c4c(c32)B5c2ccccc2N4c2ccccc2)cc1. The Labute approximate surface area is 437 Å². The zero-order valence-electron chi connectivity index (χ0n) is 41.0. The highest BCUT2D eigenvalue weighted by atomic mass is 15.2. The van der Waals surface area contributed by atoms with E-state index < -0.39 is 0 Å². The summed E-state index contributed by atoms with van der Waals surface area (Å²) >= 11 is 0. The van der Waals surface area contributed by atoms with Crippen LogP contribution in [0.5, 0.6) is 0 Å². The molecular weight excluding hydrogens is 918 g/mol. The van der Waals surface area contributed by atoms with Gasteiger partial charge in [0, 0.05) is 66.4 Å². The first-order valence-corrected chi connectivity index (χ1v) is 26.7. The lowest BCUT2D eigenvalue weighted by Crippen LogP contribution is -2.64. The number of hydrogen-bond donors (Lipinski definition) is 0. The average molecular weight is 959 g/mol. The van der Waals surface area contributed by atoms with Crippen LogP contribution in [0.1, 0.15) is 0 Å². The molecule has 4 aliphatic heterocycles. The Morgan fingerprint density at radius 3 is 1.11 bits per heavy atom. The van der Waals surface area contributed by atoms with E-state index in [1.54, 1.807) is 0 Å².